The van der Waals surface area contributed by atoms with E-state index < -0.39 is 12.0 Å². The number of carboxylic acids is 1. The summed E-state index contributed by atoms with van der Waals surface area (Å²) in [5, 5.41) is 8.26. The summed E-state index contributed by atoms with van der Waals surface area (Å²) in [4.78, 5) is 20.7. The molecule has 0 aliphatic carbocycles. The third-order valence-electron chi connectivity index (χ3n) is 1.34. The maximum absolute atomic E-state index is 10.7. The molecule has 0 aliphatic rings. The Morgan fingerprint density at radius 1 is 1.64 bits per heavy atom. The Kier molecular flexibility index (Phi) is 4.40. The Balaban J connectivity index is 3.70. The van der Waals surface area contributed by atoms with Gasteiger partial charge in [-0.2, -0.15) is 0 Å². The predicted octanol–water partition coefficient (Wildman–Crippen LogP) is -0.728. The zero-order valence-corrected chi connectivity index (χ0v) is 6.33. The van der Waals surface area contributed by atoms with Crippen LogP contribution in [0.25, 0.3) is 0 Å². The van der Waals surface area contributed by atoms with Gasteiger partial charge in [0.1, 0.15) is 5.78 Å². The van der Waals surface area contributed by atoms with Crippen molar-refractivity contribution in [2.24, 2.45) is 5.84 Å². The third-order valence-corrected chi connectivity index (χ3v) is 1.34. The second kappa shape index (κ2) is 4.81. The van der Waals surface area contributed by atoms with Crippen molar-refractivity contribution < 1.29 is 14.7 Å². The first kappa shape index (κ1) is 10.1. The molecule has 0 saturated heterocycles. The van der Waals surface area contributed by atoms with E-state index in [1.165, 1.54) is 6.92 Å². The minimum absolute atomic E-state index is 0.0472. The molecule has 0 bridgehead atoms. The fraction of sp³-hybridized carbons (Fsp3) is 0.667. The topological polar surface area (TPSA) is 92.4 Å². The number of ketones is 1. The quantitative estimate of drug-likeness (QED) is 0.364. The molecular weight excluding hydrogens is 148 g/mol. The van der Waals surface area contributed by atoms with Gasteiger partial charge in [0, 0.05) is 6.42 Å². The van der Waals surface area contributed by atoms with Crippen LogP contribution in [0, 0.1) is 0 Å². The SMILES string of the molecule is CC(=O)C(CCC(=O)O)NN. The highest BCUT2D eigenvalue weighted by atomic mass is 16.4. The number of aliphatic carboxylic acids is 1. The molecule has 0 rings (SSSR count). The summed E-state index contributed by atoms with van der Waals surface area (Å²) in [6.07, 6.45) is 0.190. The molecule has 0 radical (unpaired) electrons. The highest BCUT2D eigenvalue weighted by molar-refractivity contribution is 5.81. The largest absolute Gasteiger partial charge is 0.481 e. The van der Waals surface area contributed by atoms with E-state index in [9.17, 15) is 9.59 Å². The normalized spacial score (nSPS) is 12.5. The van der Waals surface area contributed by atoms with Crippen molar-refractivity contribution in [3.63, 3.8) is 0 Å². The van der Waals surface area contributed by atoms with Crippen LogP contribution in [-0.2, 0) is 9.59 Å². The summed E-state index contributed by atoms with van der Waals surface area (Å²) in [6, 6.07) is -0.536. The van der Waals surface area contributed by atoms with Crippen molar-refractivity contribution in [2.45, 2.75) is 25.8 Å². The summed E-state index contributed by atoms with van der Waals surface area (Å²) in [7, 11) is 0. The minimum atomic E-state index is -0.925. The molecule has 0 aliphatic heterocycles. The van der Waals surface area contributed by atoms with Gasteiger partial charge in [-0.3, -0.25) is 15.4 Å². The van der Waals surface area contributed by atoms with Crippen molar-refractivity contribution >= 4 is 11.8 Å². The first-order valence-corrected chi connectivity index (χ1v) is 3.26. The van der Waals surface area contributed by atoms with Crippen molar-refractivity contribution in [3.8, 4) is 0 Å². The average Bonchev–Trinajstić information content (AvgIpc) is 1.87. The van der Waals surface area contributed by atoms with Gasteiger partial charge in [-0.15, -0.1) is 0 Å². The molecule has 0 aromatic heterocycles. The lowest BCUT2D eigenvalue weighted by Gasteiger charge is -2.09. The van der Waals surface area contributed by atoms with Crippen LogP contribution in [0.15, 0.2) is 0 Å². The number of carbonyl (C=O) groups is 2. The van der Waals surface area contributed by atoms with Gasteiger partial charge in [0.05, 0.1) is 6.04 Å². The Morgan fingerprint density at radius 3 is 2.45 bits per heavy atom. The Bertz CT molecular complexity index is 158. The lowest BCUT2D eigenvalue weighted by atomic mass is 10.1. The number of nitrogens with one attached hydrogen (secondary N) is 1. The molecule has 4 N–H and O–H groups in total. The van der Waals surface area contributed by atoms with E-state index in [0.29, 0.717) is 0 Å². The minimum Gasteiger partial charge on any atom is -0.481 e. The van der Waals surface area contributed by atoms with Crippen LogP contribution >= 0.6 is 0 Å². The molecule has 5 heteroatoms. The number of Topliss-reactive ketones (excluding diaryl/α,β-unsaturated/α-hetero) is 1. The molecular formula is C6H12N2O3. The van der Waals surface area contributed by atoms with E-state index in [-0.39, 0.29) is 18.6 Å². The summed E-state index contributed by atoms with van der Waals surface area (Å²) < 4.78 is 0. The number of nitrogens with two attached hydrogens (primary N) is 1. The lowest BCUT2D eigenvalue weighted by molar-refractivity contribution is -0.137. The van der Waals surface area contributed by atoms with Gasteiger partial charge in [0.25, 0.3) is 0 Å². The average molecular weight is 160 g/mol. The number of carbonyl (C=O) groups excluding carboxylic acids is 1. The first-order chi connectivity index (χ1) is 5.07. The smallest absolute Gasteiger partial charge is 0.303 e. The standard InChI is InChI=1S/C6H12N2O3/c1-4(9)5(8-7)2-3-6(10)11/h5,8H,2-3,7H2,1H3,(H,10,11). The highest BCUT2D eigenvalue weighted by Crippen LogP contribution is 1.96. The molecule has 11 heavy (non-hydrogen) atoms. The van der Waals surface area contributed by atoms with Gasteiger partial charge in [-0.25, -0.2) is 5.43 Å². The molecule has 64 valence electrons. The van der Waals surface area contributed by atoms with Crippen LogP contribution in [0.2, 0.25) is 0 Å². The van der Waals surface area contributed by atoms with E-state index in [1.54, 1.807) is 0 Å². The van der Waals surface area contributed by atoms with Crippen LogP contribution < -0.4 is 11.3 Å². The summed E-state index contributed by atoms with van der Waals surface area (Å²) in [5.74, 6) is 3.93. The molecule has 0 saturated carbocycles. The maximum Gasteiger partial charge on any atom is 0.303 e. The van der Waals surface area contributed by atoms with Crippen molar-refractivity contribution in [1.29, 1.82) is 0 Å². The third kappa shape index (κ3) is 4.46. The zero-order chi connectivity index (χ0) is 8.85. The van der Waals surface area contributed by atoms with Crippen molar-refractivity contribution in [1.82, 2.24) is 5.43 Å². The van der Waals surface area contributed by atoms with E-state index in [4.69, 9.17) is 10.9 Å². The Hall–Kier alpha value is -0.940. The zero-order valence-electron chi connectivity index (χ0n) is 6.33. The molecule has 0 fully saturated rings. The van der Waals surface area contributed by atoms with E-state index in [2.05, 4.69) is 5.43 Å². The number of carboxylic acid groups (broad SMARTS) is 1. The van der Waals surface area contributed by atoms with E-state index in [0.717, 1.165) is 0 Å². The maximum atomic E-state index is 10.7. The van der Waals surface area contributed by atoms with Crippen LogP contribution in [-0.4, -0.2) is 22.9 Å². The van der Waals surface area contributed by atoms with E-state index in [1.807, 2.05) is 0 Å². The number of hydrogen-bond donors (Lipinski definition) is 3. The monoisotopic (exact) mass is 160 g/mol. The molecule has 1 unspecified atom stereocenters. The summed E-state index contributed by atoms with van der Waals surface area (Å²) >= 11 is 0. The van der Waals surface area contributed by atoms with E-state index >= 15 is 0 Å². The van der Waals surface area contributed by atoms with Gasteiger partial charge in [-0.1, -0.05) is 0 Å². The van der Waals surface area contributed by atoms with Crippen LogP contribution in [0.3, 0.4) is 0 Å². The second-order valence-corrected chi connectivity index (χ2v) is 2.26. The number of hydrogen-bond acceptors (Lipinski definition) is 4. The molecule has 1 atom stereocenters. The van der Waals surface area contributed by atoms with Gasteiger partial charge in [0.2, 0.25) is 0 Å². The molecule has 5 nitrogen and oxygen atoms in total. The predicted molar refractivity (Wildman–Crippen MR) is 38.7 cm³/mol. The van der Waals surface area contributed by atoms with Gasteiger partial charge < -0.3 is 5.11 Å². The Morgan fingerprint density at radius 2 is 2.18 bits per heavy atom. The second-order valence-electron chi connectivity index (χ2n) is 2.26. The lowest BCUT2D eigenvalue weighted by Crippen LogP contribution is -2.40. The van der Waals surface area contributed by atoms with Crippen LogP contribution in [0.1, 0.15) is 19.8 Å². The molecule has 0 heterocycles. The van der Waals surface area contributed by atoms with Crippen LogP contribution in [0.5, 0.6) is 0 Å². The number of rotatable bonds is 5. The highest BCUT2D eigenvalue weighted by Gasteiger charge is 2.12. The Labute approximate surface area is 64.5 Å². The summed E-state index contributed by atoms with van der Waals surface area (Å²) in [5.41, 5.74) is 2.24. The molecule has 0 amide bonds. The van der Waals surface area contributed by atoms with Crippen LogP contribution in [0.4, 0.5) is 0 Å². The molecule has 0 aromatic rings. The first-order valence-electron chi connectivity index (χ1n) is 3.26. The number of hydrazine groups is 1. The van der Waals surface area contributed by atoms with Crippen molar-refractivity contribution in [3.05, 3.63) is 0 Å². The van der Waals surface area contributed by atoms with Crippen molar-refractivity contribution in [2.75, 3.05) is 0 Å². The fourth-order valence-corrected chi connectivity index (χ4v) is 0.672. The van der Waals surface area contributed by atoms with Gasteiger partial charge >= 0.3 is 5.97 Å². The summed E-state index contributed by atoms with van der Waals surface area (Å²) in [6.45, 7) is 1.37. The van der Waals surface area contributed by atoms with Gasteiger partial charge in [-0.05, 0) is 13.3 Å². The molecule has 0 aromatic carbocycles. The molecule has 0 spiro atoms. The van der Waals surface area contributed by atoms with Gasteiger partial charge in [0.15, 0.2) is 0 Å². The fourth-order valence-electron chi connectivity index (χ4n) is 0.672.